The number of hydrogen-bond acceptors (Lipinski definition) is 2. The Balaban J connectivity index is 1.75. The van der Waals surface area contributed by atoms with Crippen LogP contribution in [0.25, 0.3) is 0 Å². The lowest BCUT2D eigenvalue weighted by Gasteiger charge is -2.34. The van der Waals surface area contributed by atoms with E-state index in [1.165, 1.54) is 55.6 Å². The van der Waals surface area contributed by atoms with Crippen LogP contribution in [0, 0.1) is 5.41 Å². The molecule has 2 fully saturated rings. The minimum absolute atomic E-state index is 0.591. The van der Waals surface area contributed by atoms with Crippen molar-refractivity contribution in [3.05, 3.63) is 28.7 Å². The van der Waals surface area contributed by atoms with Crippen LogP contribution in [0.4, 0.5) is 5.69 Å². The van der Waals surface area contributed by atoms with Gasteiger partial charge in [-0.1, -0.05) is 22.0 Å². The number of rotatable bonds is 1. The van der Waals surface area contributed by atoms with Crippen LogP contribution in [0.15, 0.2) is 28.7 Å². The number of hydrogen-bond donors (Lipinski definition) is 1. The monoisotopic (exact) mass is 294 g/mol. The zero-order chi connectivity index (χ0) is 11.7. The van der Waals surface area contributed by atoms with Crippen LogP contribution in [0.2, 0.25) is 0 Å². The fourth-order valence-corrected chi connectivity index (χ4v) is 3.58. The van der Waals surface area contributed by atoms with Crippen molar-refractivity contribution in [3.63, 3.8) is 0 Å². The van der Waals surface area contributed by atoms with Crippen LogP contribution in [0.5, 0.6) is 0 Å². The van der Waals surface area contributed by atoms with Gasteiger partial charge in [0.25, 0.3) is 0 Å². The highest BCUT2D eigenvalue weighted by Crippen LogP contribution is 2.40. The van der Waals surface area contributed by atoms with E-state index < -0.39 is 0 Å². The van der Waals surface area contributed by atoms with Gasteiger partial charge >= 0.3 is 0 Å². The zero-order valence-corrected chi connectivity index (χ0v) is 11.7. The maximum atomic E-state index is 3.56. The second-order valence-corrected chi connectivity index (χ2v) is 6.32. The summed E-state index contributed by atoms with van der Waals surface area (Å²) in [5.41, 5.74) is 1.96. The van der Waals surface area contributed by atoms with Gasteiger partial charge in [0, 0.05) is 23.2 Å². The summed E-state index contributed by atoms with van der Waals surface area (Å²) in [6, 6.07) is 8.69. The second kappa shape index (κ2) is 4.62. The fourth-order valence-electron chi connectivity index (χ4n) is 3.19. The quantitative estimate of drug-likeness (QED) is 0.856. The van der Waals surface area contributed by atoms with E-state index in [9.17, 15) is 0 Å². The van der Waals surface area contributed by atoms with Crippen molar-refractivity contribution in [2.45, 2.75) is 19.3 Å². The lowest BCUT2D eigenvalue weighted by molar-refractivity contribution is 0.232. The zero-order valence-electron chi connectivity index (χ0n) is 10.1. The Hall–Kier alpha value is -0.540. The van der Waals surface area contributed by atoms with Crippen molar-refractivity contribution in [1.82, 2.24) is 5.32 Å². The van der Waals surface area contributed by atoms with Gasteiger partial charge in [0.2, 0.25) is 0 Å². The van der Waals surface area contributed by atoms with Crippen LogP contribution in [0.3, 0.4) is 0 Å². The second-order valence-electron chi connectivity index (χ2n) is 5.40. The Morgan fingerprint density at radius 3 is 2.76 bits per heavy atom. The average Bonchev–Trinajstić information content (AvgIpc) is 2.74. The highest BCUT2D eigenvalue weighted by Gasteiger charge is 2.38. The Kier molecular flexibility index (Phi) is 3.14. The first kappa shape index (κ1) is 11.5. The molecule has 0 saturated carbocycles. The summed E-state index contributed by atoms with van der Waals surface area (Å²) >= 11 is 3.56. The summed E-state index contributed by atoms with van der Waals surface area (Å²) in [5.74, 6) is 0. The Bertz CT molecular complexity index is 399. The molecule has 2 saturated heterocycles. The Morgan fingerprint density at radius 1 is 1.18 bits per heavy atom. The SMILES string of the molecule is Brc1cccc(N2CCC3(CCNCC3)C2)c1. The van der Waals surface area contributed by atoms with Gasteiger partial charge < -0.3 is 10.2 Å². The van der Waals surface area contributed by atoms with E-state index in [0.29, 0.717) is 5.41 Å². The first-order valence-corrected chi connectivity index (χ1v) is 7.28. The predicted octanol–water partition coefficient (Wildman–Crippen LogP) is 3.03. The molecule has 2 aliphatic rings. The van der Waals surface area contributed by atoms with E-state index in [1.807, 2.05) is 0 Å². The van der Waals surface area contributed by atoms with Gasteiger partial charge in [0.15, 0.2) is 0 Å². The number of nitrogens with one attached hydrogen (secondary N) is 1. The summed E-state index contributed by atoms with van der Waals surface area (Å²) in [5, 5.41) is 3.47. The molecule has 0 atom stereocenters. The first-order chi connectivity index (χ1) is 8.27. The van der Waals surface area contributed by atoms with Crippen LogP contribution in [-0.4, -0.2) is 26.2 Å². The van der Waals surface area contributed by atoms with Crippen LogP contribution >= 0.6 is 15.9 Å². The molecule has 0 amide bonds. The van der Waals surface area contributed by atoms with Crippen molar-refractivity contribution in [2.75, 3.05) is 31.1 Å². The largest absolute Gasteiger partial charge is 0.371 e. The van der Waals surface area contributed by atoms with Crippen molar-refractivity contribution >= 4 is 21.6 Å². The fraction of sp³-hybridized carbons (Fsp3) is 0.571. The van der Waals surface area contributed by atoms with Gasteiger partial charge in [0.1, 0.15) is 0 Å². The summed E-state index contributed by atoms with van der Waals surface area (Å²) in [7, 11) is 0. The maximum Gasteiger partial charge on any atom is 0.0377 e. The minimum Gasteiger partial charge on any atom is -0.371 e. The van der Waals surface area contributed by atoms with Gasteiger partial charge in [-0.2, -0.15) is 0 Å². The number of piperidine rings is 1. The highest BCUT2D eigenvalue weighted by molar-refractivity contribution is 9.10. The summed E-state index contributed by atoms with van der Waals surface area (Å²) in [6.07, 6.45) is 4.05. The van der Waals surface area contributed by atoms with E-state index in [-0.39, 0.29) is 0 Å². The molecule has 0 radical (unpaired) electrons. The van der Waals surface area contributed by atoms with E-state index in [0.717, 1.165) is 0 Å². The molecule has 0 aliphatic carbocycles. The van der Waals surface area contributed by atoms with Crippen molar-refractivity contribution in [1.29, 1.82) is 0 Å². The summed E-state index contributed by atoms with van der Waals surface area (Å²) < 4.78 is 1.18. The molecule has 2 heterocycles. The van der Waals surface area contributed by atoms with E-state index in [1.54, 1.807) is 0 Å². The van der Waals surface area contributed by atoms with Crippen LogP contribution in [-0.2, 0) is 0 Å². The molecule has 3 rings (SSSR count). The molecule has 0 aromatic heterocycles. The van der Waals surface area contributed by atoms with Gasteiger partial charge in [-0.3, -0.25) is 0 Å². The van der Waals surface area contributed by atoms with Gasteiger partial charge in [-0.25, -0.2) is 0 Å². The number of nitrogens with zero attached hydrogens (tertiary/aromatic N) is 1. The molecular formula is C14H19BrN2. The minimum atomic E-state index is 0.591. The van der Waals surface area contributed by atoms with Crippen LogP contribution < -0.4 is 10.2 Å². The molecule has 92 valence electrons. The molecule has 2 nitrogen and oxygen atoms in total. The lowest BCUT2D eigenvalue weighted by atomic mass is 9.78. The summed E-state index contributed by atoms with van der Waals surface area (Å²) in [6.45, 7) is 4.86. The molecular weight excluding hydrogens is 276 g/mol. The summed E-state index contributed by atoms with van der Waals surface area (Å²) in [4.78, 5) is 2.55. The molecule has 2 aliphatic heterocycles. The van der Waals surface area contributed by atoms with Crippen molar-refractivity contribution in [2.24, 2.45) is 5.41 Å². The van der Waals surface area contributed by atoms with E-state index >= 15 is 0 Å². The topological polar surface area (TPSA) is 15.3 Å². The van der Waals surface area contributed by atoms with Crippen molar-refractivity contribution < 1.29 is 0 Å². The molecule has 1 aromatic rings. The highest BCUT2D eigenvalue weighted by atomic mass is 79.9. The lowest BCUT2D eigenvalue weighted by Crippen LogP contribution is -2.38. The van der Waals surface area contributed by atoms with Gasteiger partial charge in [0.05, 0.1) is 0 Å². The maximum absolute atomic E-state index is 3.56. The molecule has 1 aromatic carbocycles. The average molecular weight is 295 g/mol. The van der Waals surface area contributed by atoms with Gasteiger partial charge in [-0.05, 0) is 56.0 Å². The van der Waals surface area contributed by atoms with Crippen molar-refractivity contribution in [3.8, 4) is 0 Å². The number of halogens is 1. The third-order valence-electron chi connectivity index (χ3n) is 4.28. The third-order valence-corrected chi connectivity index (χ3v) is 4.77. The third kappa shape index (κ3) is 2.36. The number of anilines is 1. The molecule has 1 spiro atoms. The van der Waals surface area contributed by atoms with Gasteiger partial charge in [-0.15, -0.1) is 0 Å². The van der Waals surface area contributed by atoms with E-state index in [2.05, 4.69) is 50.4 Å². The normalized spacial score (nSPS) is 23.2. The number of benzene rings is 1. The molecule has 0 bridgehead atoms. The first-order valence-electron chi connectivity index (χ1n) is 6.49. The smallest absolute Gasteiger partial charge is 0.0377 e. The van der Waals surface area contributed by atoms with Crippen LogP contribution in [0.1, 0.15) is 19.3 Å². The Labute approximate surface area is 112 Å². The predicted molar refractivity (Wildman–Crippen MR) is 75.5 cm³/mol. The Morgan fingerprint density at radius 2 is 2.00 bits per heavy atom. The molecule has 17 heavy (non-hydrogen) atoms. The van der Waals surface area contributed by atoms with E-state index in [4.69, 9.17) is 0 Å². The standard InChI is InChI=1S/C14H19BrN2/c15-12-2-1-3-13(10-12)17-9-6-14(11-17)4-7-16-8-5-14/h1-3,10,16H,4-9,11H2. The molecule has 3 heteroatoms. The molecule has 0 unspecified atom stereocenters. The molecule has 1 N–H and O–H groups in total.